The zero-order chi connectivity index (χ0) is 26.9. The van der Waals surface area contributed by atoms with Crippen molar-refractivity contribution in [2.24, 2.45) is 16.9 Å². The van der Waals surface area contributed by atoms with Crippen LogP contribution in [0.2, 0.25) is 0 Å². The molecule has 38 heavy (non-hydrogen) atoms. The van der Waals surface area contributed by atoms with Crippen LogP contribution in [-0.2, 0) is 10.0 Å². The van der Waals surface area contributed by atoms with Crippen molar-refractivity contribution in [3.05, 3.63) is 89.7 Å². The van der Waals surface area contributed by atoms with Crippen molar-refractivity contribution in [2.45, 2.75) is 25.2 Å². The molecule has 10 heteroatoms. The Hall–Kier alpha value is -3.47. The first kappa shape index (κ1) is 26.1. The number of carbonyl (C=O) groups excluding carboxylic acids is 1. The number of halogens is 1. The van der Waals surface area contributed by atoms with Gasteiger partial charge >= 0.3 is 0 Å². The van der Waals surface area contributed by atoms with Crippen molar-refractivity contribution in [1.29, 1.82) is 0 Å². The van der Waals surface area contributed by atoms with E-state index in [9.17, 15) is 17.6 Å². The average molecular weight is 551 g/mol. The number of amides is 1. The molecule has 0 N–H and O–H groups in total. The Morgan fingerprint density at radius 1 is 1.05 bits per heavy atom. The molecule has 0 aliphatic carbocycles. The SMILES string of the molecule is CC1CC(C)CN(S(=O)(=O)c2ccc(C(=O)N(/N=C/c3ccccc3)c3nc4ccc(F)cc4s3)cc2)C1. The Kier molecular flexibility index (Phi) is 7.38. The van der Waals surface area contributed by atoms with Crippen molar-refractivity contribution in [1.82, 2.24) is 9.29 Å². The molecule has 2 heterocycles. The zero-order valence-electron chi connectivity index (χ0n) is 21.0. The molecule has 5 rings (SSSR count). The Bertz CT molecular complexity index is 1580. The number of hydrogen-bond donors (Lipinski definition) is 0. The summed E-state index contributed by atoms with van der Waals surface area (Å²) in [6.45, 7) is 5.07. The highest BCUT2D eigenvalue weighted by Gasteiger charge is 2.32. The number of benzene rings is 3. The predicted molar refractivity (Wildman–Crippen MR) is 149 cm³/mol. The second kappa shape index (κ2) is 10.7. The number of thiazole rings is 1. The van der Waals surface area contributed by atoms with E-state index in [1.54, 1.807) is 12.3 Å². The molecule has 4 aromatic rings. The van der Waals surface area contributed by atoms with Crippen molar-refractivity contribution in [3.8, 4) is 0 Å². The van der Waals surface area contributed by atoms with E-state index in [4.69, 9.17) is 0 Å². The third-order valence-corrected chi connectivity index (χ3v) is 9.25. The quantitative estimate of drug-likeness (QED) is 0.225. The van der Waals surface area contributed by atoms with Crippen LogP contribution >= 0.6 is 11.3 Å². The van der Waals surface area contributed by atoms with Crippen LogP contribution in [0.5, 0.6) is 0 Å². The van der Waals surface area contributed by atoms with Gasteiger partial charge in [-0.3, -0.25) is 4.79 Å². The third kappa shape index (κ3) is 5.52. The second-order valence-corrected chi connectivity index (χ2v) is 12.6. The monoisotopic (exact) mass is 550 g/mol. The molecular weight excluding hydrogens is 523 g/mol. The van der Waals surface area contributed by atoms with Crippen LogP contribution in [-0.4, -0.2) is 42.9 Å². The van der Waals surface area contributed by atoms with Gasteiger partial charge in [0, 0.05) is 18.7 Å². The normalized spacial score (nSPS) is 18.7. The first-order valence-corrected chi connectivity index (χ1v) is 14.6. The van der Waals surface area contributed by atoms with E-state index in [-0.39, 0.29) is 27.4 Å². The van der Waals surface area contributed by atoms with Crippen LogP contribution in [0.4, 0.5) is 9.52 Å². The van der Waals surface area contributed by atoms with Gasteiger partial charge in [-0.1, -0.05) is 55.5 Å². The number of nitrogens with zero attached hydrogens (tertiary/aromatic N) is 4. The molecule has 2 unspecified atom stereocenters. The smallest absolute Gasteiger partial charge is 0.267 e. The number of hydrazone groups is 1. The lowest BCUT2D eigenvalue weighted by molar-refractivity contribution is 0.0987. The lowest BCUT2D eigenvalue weighted by atomic mass is 9.94. The van der Waals surface area contributed by atoms with Gasteiger partial charge in [-0.25, -0.2) is 17.8 Å². The Morgan fingerprint density at radius 2 is 1.74 bits per heavy atom. The van der Waals surface area contributed by atoms with Crippen molar-refractivity contribution in [3.63, 3.8) is 0 Å². The predicted octanol–water partition coefficient (Wildman–Crippen LogP) is 5.78. The fourth-order valence-corrected chi connectivity index (χ4v) is 7.30. The first-order valence-electron chi connectivity index (χ1n) is 12.3. The number of anilines is 1. The van der Waals surface area contributed by atoms with Gasteiger partial charge in [0.25, 0.3) is 5.91 Å². The topological polar surface area (TPSA) is 82.9 Å². The zero-order valence-corrected chi connectivity index (χ0v) is 22.6. The Morgan fingerprint density at radius 3 is 2.42 bits per heavy atom. The summed E-state index contributed by atoms with van der Waals surface area (Å²) in [4.78, 5) is 18.2. The van der Waals surface area contributed by atoms with E-state index in [1.807, 2.05) is 30.3 Å². The summed E-state index contributed by atoms with van der Waals surface area (Å²) in [5.74, 6) is -0.311. The molecule has 3 aromatic carbocycles. The van der Waals surface area contributed by atoms with E-state index < -0.39 is 21.7 Å². The van der Waals surface area contributed by atoms with E-state index in [1.165, 1.54) is 40.7 Å². The summed E-state index contributed by atoms with van der Waals surface area (Å²) >= 11 is 1.14. The molecule has 196 valence electrons. The highest BCUT2D eigenvalue weighted by molar-refractivity contribution is 7.89. The van der Waals surface area contributed by atoms with Crippen LogP contribution in [0.3, 0.4) is 0 Å². The van der Waals surface area contributed by atoms with Gasteiger partial charge in [-0.05, 0) is 66.3 Å². The number of fused-ring (bicyclic) bond motifs is 1. The summed E-state index contributed by atoms with van der Waals surface area (Å²) in [6.07, 6.45) is 2.54. The molecule has 1 aliphatic rings. The van der Waals surface area contributed by atoms with E-state index >= 15 is 0 Å². The summed E-state index contributed by atoms with van der Waals surface area (Å²) < 4.78 is 42.4. The highest BCUT2D eigenvalue weighted by atomic mass is 32.2. The molecule has 0 bridgehead atoms. The number of aromatic nitrogens is 1. The van der Waals surface area contributed by atoms with Crippen LogP contribution in [0.1, 0.15) is 36.2 Å². The molecule has 1 aliphatic heterocycles. The van der Waals surface area contributed by atoms with Gasteiger partial charge in [0.05, 0.1) is 21.3 Å². The van der Waals surface area contributed by atoms with Gasteiger partial charge in [0.2, 0.25) is 15.2 Å². The molecule has 1 saturated heterocycles. The Labute approximate surface area is 225 Å². The second-order valence-electron chi connectivity index (χ2n) is 9.67. The van der Waals surface area contributed by atoms with Crippen molar-refractivity contribution < 1.29 is 17.6 Å². The van der Waals surface area contributed by atoms with Gasteiger partial charge < -0.3 is 0 Å². The molecule has 0 spiro atoms. The third-order valence-electron chi connectivity index (χ3n) is 6.41. The average Bonchev–Trinajstić information content (AvgIpc) is 3.31. The minimum atomic E-state index is -3.68. The van der Waals surface area contributed by atoms with Crippen LogP contribution < -0.4 is 5.01 Å². The number of rotatable bonds is 6. The first-order chi connectivity index (χ1) is 18.2. The minimum absolute atomic E-state index is 0.144. The number of piperidine rings is 1. The fraction of sp³-hybridized carbons (Fsp3) is 0.250. The van der Waals surface area contributed by atoms with Crippen LogP contribution in [0.15, 0.2) is 82.8 Å². The summed E-state index contributed by atoms with van der Waals surface area (Å²) in [7, 11) is -3.68. The Balaban J connectivity index is 1.46. The standard InChI is InChI=1S/C28H27FN4O3S2/c1-19-14-20(2)18-32(17-19)38(35,36)24-11-8-22(9-12-24)27(34)33(30-16-21-6-4-3-5-7-21)28-31-25-13-10-23(29)15-26(25)37-28/h3-13,15-16,19-20H,14,17-18H2,1-2H3/b30-16+. The molecule has 1 amide bonds. The maximum Gasteiger partial charge on any atom is 0.280 e. The van der Waals surface area contributed by atoms with Crippen molar-refractivity contribution in [2.75, 3.05) is 18.1 Å². The van der Waals surface area contributed by atoms with Gasteiger partial charge in [0.15, 0.2) is 0 Å². The van der Waals surface area contributed by atoms with E-state index in [0.717, 1.165) is 28.3 Å². The van der Waals surface area contributed by atoms with Gasteiger partial charge in [-0.2, -0.15) is 14.4 Å². The summed E-state index contributed by atoms with van der Waals surface area (Å²) in [6, 6.07) is 19.4. The van der Waals surface area contributed by atoms with Crippen LogP contribution in [0, 0.1) is 17.7 Å². The van der Waals surface area contributed by atoms with E-state index in [2.05, 4.69) is 23.9 Å². The number of sulfonamides is 1. The molecule has 0 saturated carbocycles. The lowest BCUT2D eigenvalue weighted by Gasteiger charge is -2.34. The fourth-order valence-electron chi connectivity index (χ4n) is 4.67. The van der Waals surface area contributed by atoms with Crippen LogP contribution in [0.25, 0.3) is 10.2 Å². The highest BCUT2D eigenvalue weighted by Crippen LogP contribution is 2.31. The minimum Gasteiger partial charge on any atom is -0.267 e. The molecule has 1 fully saturated rings. The molecule has 1 aromatic heterocycles. The largest absolute Gasteiger partial charge is 0.280 e. The molecule has 7 nitrogen and oxygen atoms in total. The van der Waals surface area contributed by atoms with Gasteiger partial charge in [0.1, 0.15) is 5.82 Å². The lowest BCUT2D eigenvalue weighted by Crippen LogP contribution is -2.42. The summed E-state index contributed by atoms with van der Waals surface area (Å²) in [5.41, 5.74) is 1.58. The molecular formula is C28H27FN4O3S2. The maximum atomic E-state index is 13.8. The summed E-state index contributed by atoms with van der Waals surface area (Å²) in [5, 5.41) is 5.84. The number of carbonyl (C=O) groups is 1. The van der Waals surface area contributed by atoms with E-state index in [0.29, 0.717) is 23.3 Å². The van der Waals surface area contributed by atoms with Gasteiger partial charge in [-0.15, -0.1) is 0 Å². The molecule has 0 radical (unpaired) electrons. The number of hydrogen-bond acceptors (Lipinski definition) is 6. The molecule has 2 atom stereocenters. The maximum absolute atomic E-state index is 13.8. The van der Waals surface area contributed by atoms with Crippen molar-refractivity contribution >= 4 is 48.8 Å².